The highest BCUT2D eigenvalue weighted by Gasteiger charge is 2.42. The van der Waals surface area contributed by atoms with Crippen molar-refractivity contribution in [1.29, 1.82) is 0 Å². The average Bonchev–Trinajstić information content (AvgIpc) is 3.13. The second-order valence-electron chi connectivity index (χ2n) is 6.84. The molecule has 1 spiro atoms. The number of carbonyl (C=O) groups excluding carboxylic acids is 1. The second-order valence-corrected chi connectivity index (χ2v) is 7.84. The van der Waals surface area contributed by atoms with Gasteiger partial charge in [0.1, 0.15) is 0 Å². The Morgan fingerprint density at radius 2 is 1.96 bits per heavy atom. The number of halogens is 2. The first kappa shape index (κ1) is 22.1. The summed E-state index contributed by atoms with van der Waals surface area (Å²) in [6.45, 7) is 2.19. The lowest BCUT2D eigenvalue weighted by Crippen LogP contribution is -2.52. The standard InChI is InChI=1S/C19H23N3O2S.2ClH/c20-16(13-14-1-7-21-8-2-14)18(23)22-9-5-19(6-10-22)15-4-12-25-17(15)3-11-24-19;;/h1-2,4,7-8,12,16H,3,5-6,9-11,13,20H2;2*1H/t16-;;/m0../s1. The molecule has 1 amide bonds. The second kappa shape index (κ2) is 9.34. The fourth-order valence-electron chi connectivity index (χ4n) is 3.95. The molecule has 2 aromatic rings. The molecular formula is C19H25Cl2N3O2S. The highest BCUT2D eigenvalue weighted by molar-refractivity contribution is 7.10. The third-order valence-corrected chi connectivity index (χ3v) is 6.33. The van der Waals surface area contributed by atoms with E-state index in [2.05, 4.69) is 16.4 Å². The van der Waals surface area contributed by atoms with Gasteiger partial charge in [-0.1, -0.05) is 0 Å². The number of pyridine rings is 1. The van der Waals surface area contributed by atoms with Crippen molar-refractivity contribution in [2.45, 2.75) is 37.3 Å². The van der Waals surface area contributed by atoms with Gasteiger partial charge in [-0.15, -0.1) is 36.2 Å². The van der Waals surface area contributed by atoms with Crippen molar-refractivity contribution >= 4 is 42.1 Å². The monoisotopic (exact) mass is 429 g/mol. The summed E-state index contributed by atoms with van der Waals surface area (Å²) in [5.74, 6) is 0.0352. The third kappa shape index (κ3) is 4.46. The fraction of sp³-hybridized carbons (Fsp3) is 0.474. The van der Waals surface area contributed by atoms with Gasteiger partial charge >= 0.3 is 0 Å². The van der Waals surface area contributed by atoms with E-state index in [1.165, 1.54) is 10.4 Å². The zero-order valence-electron chi connectivity index (χ0n) is 15.0. The molecule has 8 heteroatoms. The molecule has 2 aliphatic rings. The molecule has 4 rings (SSSR count). The Bertz CT molecular complexity index is 748. The van der Waals surface area contributed by atoms with E-state index in [1.807, 2.05) is 28.4 Å². The molecule has 0 aliphatic carbocycles. The summed E-state index contributed by atoms with van der Waals surface area (Å²) in [5, 5.41) is 2.16. The molecular weight excluding hydrogens is 405 g/mol. The van der Waals surface area contributed by atoms with Crippen LogP contribution in [0.1, 0.15) is 28.8 Å². The van der Waals surface area contributed by atoms with Gasteiger partial charge in [0.2, 0.25) is 5.91 Å². The zero-order valence-corrected chi connectivity index (χ0v) is 17.5. The van der Waals surface area contributed by atoms with Gasteiger partial charge in [0.05, 0.1) is 18.2 Å². The number of aromatic nitrogens is 1. The Labute approximate surface area is 176 Å². The van der Waals surface area contributed by atoms with Gasteiger partial charge in [0, 0.05) is 36.8 Å². The number of hydrogen-bond donors (Lipinski definition) is 1. The van der Waals surface area contributed by atoms with Crippen LogP contribution < -0.4 is 5.73 Å². The van der Waals surface area contributed by atoms with E-state index in [0.717, 1.165) is 31.4 Å². The van der Waals surface area contributed by atoms with Crippen LogP contribution in [0.2, 0.25) is 0 Å². The van der Waals surface area contributed by atoms with E-state index in [9.17, 15) is 4.79 Å². The Kier molecular flexibility index (Phi) is 7.65. The molecule has 0 radical (unpaired) electrons. The summed E-state index contributed by atoms with van der Waals surface area (Å²) < 4.78 is 6.21. The van der Waals surface area contributed by atoms with Crippen molar-refractivity contribution in [3.63, 3.8) is 0 Å². The average molecular weight is 430 g/mol. The number of fused-ring (bicyclic) bond motifs is 2. The minimum atomic E-state index is -0.500. The van der Waals surface area contributed by atoms with Crippen molar-refractivity contribution in [2.75, 3.05) is 19.7 Å². The number of amides is 1. The summed E-state index contributed by atoms with van der Waals surface area (Å²) in [6, 6.07) is 5.52. The Morgan fingerprint density at radius 1 is 1.26 bits per heavy atom. The van der Waals surface area contributed by atoms with Crippen LogP contribution in [0.3, 0.4) is 0 Å². The number of carbonyl (C=O) groups is 1. The molecule has 1 atom stereocenters. The first-order valence-electron chi connectivity index (χ1n) is 8.82. The number of thiophene rings is 1. The largest absolute Gasteiger partial charge is 0.370 e. The first-order valence-corrected chi connectivity index (χ1v) is 9.70. The summed E-state index contributed by atoms with van der Waals surface area (Å²) >= 11 is 1.82. The topological polar surface area (TPSA) is 68.5 Å². The first-order chi connectivity index (χ1) is 12.2. The van der Waals surface area contributed by atoms with Crippen LogP contribution in [0.5, 0.6) is 0 Å². The van der Waals surface area contributed by atoms with Gasteiger partial charge in [0.15, 0.2) is 0 Å². The number of hydrogen-bond acceptors (Lipinski definition) is 5. The van der Waals surface area contributed by atoms with Crippen LogP contribution >= 0.6 is 36.2 Å². The van der Waals surface area contributed by atoms with Gasteiger partial charge < -0.3 is 15.4 Å². The van der Waals surface area contributed by atoms with Gasteiger partial charge in [-0.3, -0.25) is 9.78 Å². The summed E-state index contributed by atoms with van der Waals surface area (Å²) in [4.78, 5) is 20.1. The number of piperidine rings is 1. The van der Waals surface area contributed by atoms with Gasteiger partial charge in [-0.2, -0.15) is 0 Å². The smallest absolute Gasteiger partial charge is 0.239 e. The molecule has 0 bridgehead atoms. The van der Waals surface area contributed by atoms with E-state index >= 15 is 0 Å². The Hall–Kier alpha value is -1.18. The van der Waals surface area contributed by atoms with Gasteiger partial charge in [-0.05, 0) is 54.0 Å². The lowest BCUT2D eigenvalue weighted by atomic mass is 9.82. The molecule has 2 aliphatic heterocycles. The van der Waals surface area contributed by atoms with E-state index in [4.69, 9.17) is 10.5 Å². The molecule has 1 fully saturated rings. The molecule has 4 heterocycles. The minimum absolute atomic E-state index is 0. The predicted molar refractivity (Wildman–Crippen MR) is 112 cm³/mol. The number of nitrogens with two attached hydrogens (primary N) is 1. The lowest BCUT2D eigenvalue weighted by Gasteiger charge is -2.44. The van der Waals surface area contributed by atoms with Crippen LogP contribution in [0.15, 0.2) is 36.0 Å². The highest BCUT2D eigenvalue weighted by atomic mass is 35.5. The van der Waals surface area contributed by atoms with Crippen LogP contribution in [0, 0.1) is 0 Å². The summed E-state index contributed by atoms with van der Waals surface area (Å²) in [6.07, 6.45) is 6.73. The molecule has 0 unspecified atom stereocenters. The number of ether oxygens (including phenoxy) is 1. The van der Waals surface area contributed by atoms with E-state index in [0.29, 0.717) is 19.5 Å². The summed E-state index contributed by atoms with van der Waals surface area (Å²) in [5.41, 5.74) is 8.36. The van der Waals surface area contributed by atoms with Crippen molar-refractivity contribution in [2.24, 2.45) is 5.73 Å². The quantitative estimate of drug-likeness (QED) is 0.813. The van der Waals surface area contributed by atoms with Crippen molar-refractivity contribution < 1.29 is 9.53 Å². The predicted octanol–water partition coefficient (Wildman–Crippen LogP) is 2.95. The molecule has 148 valence electrons. The third-order valence-electron chi connectivity index (χ3n) is 5.35. The van der Waals surface area contributed by atoms with Crippen molar-refractivity contribution in [3.05, 3.63) is 52.0 Å². The maximum Gasteiger partial charge on any atom is 0.239 e. The molecule has 1 saturated heterocycles. The van der Waals surface area contributed by atoms with E-state index in [1.54, 1.807) is 12.4 Å². The van der Waals surface area contributed by atoms with Gasteiger partial charge in [0.25, 0.3) is 0 Å². The van der Waals surface area contributed by atoms with Crippen molar-refractivity contribution in [3.8, 4) is 0 Å². The van der Waals surface area contributed by atoms with Crippen molar-refractivity contribution in [1.82, 2.24) is 9.88 Å². The maximum absolute atomic E-state index is 12.7. The summed E-state index contributed by atoms with van der Waals surface area (Å²) in [7, 11) is 0. The Balaban J connectivity index is 0.00000131. The van der Waals surface area contributed by atoms with Crippen LogP contribution in [-0.4, -0.2) is 41.5 Å². The maximum atomic E-state index is 12.7. The van der Waals surface area contributed by atoms with Crippen LogP contribution in [0.4, 0.5) is 0 Å². The number of nitrogens with zero attached hydrogens (tertiary/aromatic N) is 2. The Morgan fingerprint density at radius 3 is 2.67 bits per heavy atom. The zero-order chi connectivity index (χ0) is 17.3. The van der Waals surface area contributed by atoms with Crippen LogP contribution in [-0.2, 0) is 28.0 Å². The molecule has 2 N–H and O–H groups in total. The molecule has 27 heavy (non-hydrogen) atoms. The number of likely N-dealkylation sites (tertiary alicyclic amines) is 1. The molecule has 2 aromatic heterocycles. The number of rotatable bonds is 3. The normalized spacial score (nSPS) is 18.8. The SMILES string of the molecule is Cl.Cl.N[C@@H](Cc1ccncc1)C(=O)N1CCC2(CC1)OCCc1sccc12. The van der Waals surface area contributed by atoms with Crippen LogP contribution in [0.25, 0.3) is 0 Å². The fourth-order valence-corrected chi connectivity index (χ4v) is 4.90. The van der Waals surface area contributed by atoms with E-state index in [-0.39, 0.29) is 36.3 Å². The molecule has 5 nitrogen and oxygen atoms in total. The minimum Gasteiger partial charge on any atom is -0.370 e. The van der Waals surface area contributed by atoms with Gasteiger partial charge in [-0.25, -0.2) is 0 Å². The lowest BCUT2D eigenvalue weighted by molar-refractivity contribution is -0.141. The van der Waals surface area contributed by atoms with E-state index < -0.39 is 6.04 Å². The highest BCUT2D eigenvalue weighted by Crippen LogP contribution is 2.43. The molecule has 0 aromatic carbocycles. The molecule has 0 saturated carbocycles.